The van der Waals surface area contributed by atoms with Crippen molar-refractivity contribution in [2.45, 2.75) is 12.8 Å². The first-order valence-electron chi connectivity index (χ1n) is 7.93. The molecule has 0 radical (unpaired) electrons. The molecule has 3 rings (SSSR count). The minimum Gasteiger partial charge on any atom is -0.361 e. The number of hydrogen-bond donors (Lipinski definition) is 3. The molecule has 0 atom stereocenters. The largest absolute Gasteiger partial charge is 0.361 e. The fourth-order valence-electron chi connectivity index (χ4n) is 2.68. The second kappa shape index (κ2) is 7.49. The van der Waals surface area contributed by atoms with E-state index in [4.69, 9.17) is 0 Å². The van der Waals surface area contributed by atoms with Crippen molar-refractivity contribution in [2.75, 3.05) is 13.1 Å². The van der Waals surface area contributed by atoms with Crippen LogP contribution in [0.5, 0.6) is 0 Å². The number of urea groups is 1. The first-order chi connectivity index (χ1) is 11.3. The summed E-state index contributed by atoms with van der Waals surface area (Å²) in [7, 11) is 0. The van der Waals surface area contributed by atoms with E-state index in [0.29, 0.717) is 13.1 Å². The van der Waals surface area contributed by atoms with Gasteiger partial charge in [0.15, 0.2) is 0 Å². The summed E-state index contributed by atoms with van der Waals surface area (Å²) in [6, 6.07) is 18.2. The topological polar surface area (TPSA) is 56.9 Å². The highest BCUT2D eigenvalue weighted by Crippen LogP contribution is 2.17. The molecule has 118 valence electrons. The zero-order chi connectivity index (χ0) is 15.9. The van der Waals surface area contributed by atoms with Gasteiger partial charge in [-0.3, -0.25) is 0 Å². The summed E-state index contributed by atoms with van der Waals surface area (Å²) in [6.45, 7) is 1.27. The normalized spacial score (nSPS) is 10.6. The Bertz CT molecular complexity index is 764. The van der Waals surface area contributed by atoms with Crippen LogP contribution < -0.4 is 10.6 Å². The molecule has 0 spiro atoms. The average Bonchev–Trinajstić information content (AvgIpc) is 2.99. The van der Waals surface area contributed by atoms with Gasteiger partial charge in [0.1, 0.15) is 0 Å². The number of nitrogens with one attached hydrogen (secondary N) is 3. The maximum atomic E-state index is 11.8. The summed E-state index contributed by atoms with van der Waals surface area (Å²) in [5.74, 6) is 0. The molecule has 1 heterocycles. The van der Waals surface area contributed by atoms with E-state index in [1.54, 1.807) is 0 Å². The van der Waals surface area contributed by atoms with Crippen LogP contribution >= 0.6 is 0 Å². The third-order valence-electron chi connectivity index (χ3n) is 3.90. The van der Waals surface area contributed by atoms with Crippen molar-refractivity contribution in [3.63, 3.8) is 0 Å². The summed E-state index contributed by atoms with van der Waals surface area (Å²) >= 11 is 0. The molecule has 0 aliphatic carbocycles. The standard InChI is InChI=1S/C19H21N3O/c23-19(20-12-10-15-6-2-1-3-7-15)21-13-11-16-14-22-18-9-5-4-8-17(16)18/h1-9,14,22H,10-13H2,(H2,20,21,23). The predicted octanol–water partition coefficient (Wildman–Crippen LogP) is 3.25. The lowest BCUT2D eigenvalue weighted by atomic mass is 10.1. The van der Waals surface area contributed by atoms with Gasteiger partial charge in [0.25, 0.3) is 0 Å². The highest BCUT2D eigenvalue weighted by molar-refractivity contribution is 5.83. The second-order valence-corrected chi connectivity index (χ2v) is 5.53. The molecule has 2 aromatic carbocycles. The number of benzene rings is 2. The average molecular weight is 307 g/mol. The lowest BCUT2D eigenvalue weighted by Gasteiger charge is -2.07. The molecule has 0 unspecified atom stereocenters. The molecule has 3 aromatic rings. The van der Waals surface area contributed by atoms with E-state index < -0.39 is 0 Å². The van der Waals surface area contributed by atoms with Crippen LogP contribution in [0.15, 0.2) is 60.8 Å². The Hall–Kier alpha value is -2.75. The molecule has 2 amide bonds. The van der Waals surface area contributed by atoms with Crippen molar-refractivity contribution >= 4 is 16.9 Å². The third kappa shape index (κ3) is 4.13. The molecule has 0 aliphatic heterocycles. The van der Waals surface area contributed by atoms with Gasteiger partial charge in [0.05, 0.1) is 0 Å². The molecular formula is C19H21N3O. The number of aromatic nitrogens is 1. The Labute approximate surface area is 135 Å². The molecule has 0 bridgehead atoms. The van der Waals surface area contributed by atoms with Gasteiger partial charge < -0.3 is 15.6 Å². The number of para-hydroxylation sites is 1. The van der Waals surface area contributed by atoms with Gasteiger partial charge in [-0.15, -0.1) is 0 Å². The Balaban J connectivity index is 1.39. The van der Waals surface area contributed by atoms with E-state index in [1.165, 1.54) is 16.5 Å². The summed E-state index contributed by atoms with van der Waals surface area (Å²) in [6.07, 6.45) is 3.67. The zero-order valence-electron chi connectivity index (χ0n) is 13.0. The molecule has 3 N–H and O–H groups in total. The maximum absolute atomic E-state index is 11.8. The number of rotatable bonds is 6. The lowest BCUT2D eigenvalue weighted by Crippen LogP contribution is -2.37. The molecule has 0 fully saturated rings. The number of carbonyl (C=O) groups is 1. The molecule has 1 aromatic heterocycles. The highest BCUT2D eigenvalue weighted by Gasteiger charge is 2.04. The molecule has 4 heteroatoms. The number of aromatic amines is 1. The molecular weight excluding hydrogens is 286 g/mol. The molecule has 0 aliphatic rings. The Morgan fingerprint density at radius 1 is 0.870 bits per heavy atom. The molecule has 23 heavy (non-hydrogen) atoms. The molecule has 0 saturated carbocycles. The van der Waals surface area contributed by atoms with E-state index >= 15 is 0 Å². The smallest absolute Gasteiger partial charge is 0.314 e. The quantitative estimate of drug-likeness (QED) is 0.643. The van der Waals surface area contributed by atoms with E-state index in [-0.39, 0.29) is 6.03 Å². The van der Waals surface area contributed by atoms with Crippen molar-refractivity contribution in [2.24, 2.45) is 0 Å². The Morgan fingerprint density at radius 3 is 2.39 bits per heavy atom. The Kier molecular flexibility index (Phi) is 4.94. The summed E-state index contributed by atoms with van der Waals surface area (Å²) in [5, 5.41) is 7.02. The van der Waals surface area contributed by atoms with Crippen molar-refractivity contribution in [3.05, 3.63) is 71.9 Å². The zero-order valence-corrected chi connectivity index (χ0v) is 13.0. The monoisotopic (exact) mass is 307 g/mol. The Morgan fingerprint density at radius 2 is 1.57 bits per heavy atom. The third-order valence-corrected chi connectivity index (χ3v) is 3.90. The van der Waals surface area contributed by atoms with Gasteiger partial charge in [0.2, 0.25) is 0 Å². The van der Waals surface area contributed by atoms with Gasteiger partial charge >= 0.3 is 6.03 Å². The van der Waals surface area contributed by atoms with Crippen LogP contribution in [0.25, 0.3) is 10.9 Å². The van der Waals surface area contributed by atoms with Crippen LogP contribution in [0.4, 0.5) is 4.79 Å². The molecule has 4 nitrogen and oxygen atoms in total. The van der Waals surface area contributed by atoms with Crippen molar-refractivity contribution in [1.82, 2.24) is 15.6 Å². The lowest BCUT2D eigenvalue weighted by molar-refractivity contribution is 0.241. The number of hydrogen-bond acceptors (Lipinski definition) is 1. The number of carbonyl (C=O) groups excluding carboxylic acids is 1. The second-order valence-electron chi connectivity index (χ2n) is 5.53. The van der Waals surface area contributed by atoms with Gasteiger partial charge in [-0.05, 0) is 30.0 Å². The number of amides is 2. The minimum atomic E-state index is -0.110. The summed E-state index contributed by atoms with van der Waals surface area (Å²) in [4.78, 5) is 15.0. The SMILES string of the molecule is O=C(NCCc1ccccc1)NCCc1c[nH]c2ccccc12. The molecule has 0 saturated heterocycles. The van der Waals surface area contributed by atoms with E-state index in [1.807, 2.05) is 36.5 Å². The maximum Gasteiger partial charge on any atom is 0.314 e. The highest BCUT2D eigenvalue weighted by atomic mass is 16.2. The van der Waals surface area contributed by atoms with Crippen molar-refractivity contribution in [1.29, 1.82) is 0 Å². The van der Waals surface area contributed by atoms with Crippen LogP contribution in [-0.2, 0) is 12.8 Å². The van der Waals surface area contributed by atoms with Gasteiger partial charge in [-0.2, -0.15) is 0 Å². The first-order valence-corrected chi connectivity index (χ1v) is 7.93. The van der Waals surface area contributed by atoms with Crippen LogP contribution in [0.2, 0.25) is 0 Å². The van der Waals surface area contributed by atoms with Gasteiger partial charge in [-0.25, -0.2) is 4.79 Å². The van der Waals surface area contributed by atoms with E-state index in [0.717, 1.165) is 18.4 Å². The van der Waals surface area contributed by atoms with Gasteiger partial charge in [0, 0.05) is 30.2 Å². The minimum absolute atomic E-state index is 0.110. The van der Waals surface area contributed by atoms with Crippen molar-refractivity contribution < 1.29 is 4.79 Å². The van der Waals surface area contributed by atoms with E-state index in [9.17, 15) is 4.79 Å². The predicted molar refractivity (Wildman–Crippen MR) is 93.6 cm³/mol. The number of H-pyrrole nitrogens is 1. The summed E-state index contributed by atoms with van der Waals surface area (Å²) in [5.41, 5.74) is 3.59. The van der Waals surface area contributed by atoms with Crippen LogP contribution in [-0.4, -0.2) is 24.1 Å². The van der Waals surface area contributed by atoms with Crippen LogP contribution in [0.1, 0.15) is 11.1 Å². The van der Waals surface area contributed by atoms with Crippen LogP contribution in [0, 0.1) is 0 Å². The van der Waals surface area contributed by atoms with E-state index in [2.05, 4.69) is 39.9 Å². The van der Waals surface area contributed by atoms with Gasteiger partial charge in [-0.1, -0.05) is 48.5 Å². The number of fused-ring (bicyclic) bond motifs is 1. The van der Waals surface area contributed by atoms with Crippen LogP contribution in [0.3, 0.4) is 0 Å². The fraction of sp³-hybridized carbons (Fsp3) is 0.211. The first kappa shape index (κ1) is 15.2. The summed E-state index contributed by atoms with van der Waals surface area (Å²) < 4.78 is 0. The fourth-order valence-corrected chi connectivity index (χ4v) is 2.68. The van der Waals surface area contributed by atoms with Crippen molar-refractivity contribution in [3.8, 4) is 0 Å².